The first-order chi connectivity index (χ1) is 35.9. The second-order valence-electron chi connectivity index (χ2n) is 19.7. The van der Waals surface area contributed by atoms with Crippen LogP contribution in [0.15, 0.2) is 180 Å². The number of halogens is 1. The molecule has 0 saturated heterocycles. The molecule has 8 aromatic carbocycles. The van der Waals surface area contributed by atoms with Crippen molar-refractivity contribution in [2.75, 3.05) is 0 Å². The van der Waals surface area contributed by atoms with Crippen LogP contribution < -0.4 is 4.40 Å². The first-order valence-electron chi connectivity index (χ1n) is 25.2. The minimum atomic E-state index is -1.79. The van der Waals surface area contributed by atoms with Crippen molar-refractivity contribution in [2.45, 2.75) is 56.8 Å². The van der Waals surface area contributed by atoms with Gasteiger partial charge in [0.2, 0.25) is 0 Å². The third kappa shape index (κ3) is 10.3. The molecule has 9 heteroatoms. The SMILES string of the molecule is [2H]C(C)(C)c1cc(-c2ccc(-c3ccccc3)cc2)cc(C([2H])(C)C)c1-n1c(-c2[c-]ccc3c2oc2cc(-c4cc(C#N)cc(C#N)c4)ccc23)nc2ccccc21.[CH3][Ge]([CH3])([CH3])[c]1ccc(-c2[c-]cc(F)cc2)nc1.[Ir]. The van der Waals surface area contributed by atoms with Gasteiger partial charge >= 0.3 is 104 Å². The van der Waals surface area contributed by atoms with Crippen LogP contribution in [-0.2, 0) is 20.1 Å². The van der Waals surface area contributed by atoms with Gasteiger partial charge in [-0.1, -0.05) is 118 Å². The Morgan fingerprint density at radius 2 is 1.27 bits per heavy atom. The van der Waals surface area contributed by atoms with E-state index in [0.717, 1.165) is 83.3 Å². The molecule has 3 aromatic heterocycles. The number of pyridine rings is 1. The summed E-state index contributed by atoms with van der Waals surface area (Å²) in [6.07, 6.45) is 1.95. The average molecular weight is 1210 g/mol. The Morgan fingerprint density at radius 3 is 1.88 bits per heavy atom. The van der Waals surface area contributed by atoms with Gasteiger partial charge in [-0.15, -0.1) is 18.2 Å². The predicted molar refractivity (Wildman–Crippen MR) is 298 cm³/mol. The average Bonchev–Trinajstić information content (AvgIpc) is 4.13. The first kappa shape index (κ1) is 48.5. The normalized spacial score (nSPS) is 12.0. The van der Waals surface area contributed by atoms with Crippen molar-refractivity contribution in [3.63, 3.8) is 0 Å². The molecule has 365 valence electrons. The number of hydrogen-bond donors (Lipinski definition) is 0. The number of hydrogen-bond acceptors (Lipinski definition) is 5. The van der Waals surface area contributed by atoms with E-state index in [9.17, 15) is 17.7 Å². The molecule has 0 unspecified atom stereocenters. The first-order valence-corrected chi connectivity index (χ1v) is 31.5. The fraction of sp³-hybridized carbons (Fsp3) is 0.138. The van der Waals surface area contributed by atoms with Crippen LogP contribution in [0.5, 0.6) is 0 Å². The summed E-state index contributed by atoms with van der Waals surface area (Å²) in [5, 5.41) is 21.0. The summed E-state index contributed by atoms with van der Waals surface area (Å²) in [7, 11) is 0. The number of furan rings is 1. The van der Waals surface area contributed by atoms with Gasteiger partial charge in [-0.3, -0.25) is 4.98 Å². The van der Waals surface area contributed by atoms with Gasteiger partial charge in [-0.2, -0.15) is 10.5 Å². The molecule has 3 heterocycles. The largest absolute Gasteiger partial charge is 0 e. The number of fused-ring (bicyclic) bond motifs is 4. The second-order valence-corrected chi connectivity index (χ2v) is 30.3. The van der Waals surface area contributed by atoms with Gasteiger partial charge in [0.1, 0.15) is 5.58 Å². The molecule has 0 saturated carbocycles. The molecule has 0 bridgehead atoms. The van der Waals surface area contributed by atoms with E-state index >= 15 is 0 Å². The minimum Gasteiger partial charge on any atom is 0 e. The zero-order valence-electron chi connectivity index (χ0n) is 44.1. The molecule has 11 rings (SSSR count). The van der Waals surface area contributed by atoms with Gasteiger partial charge in [0.05, 0.1) is 45.7 Å². The maximum atomic E-state index is 12.8. The zero-order chi connectivity index (χ0) is 52.8. The number of para-hydroxylation sites is 2. The molecular formula is C65H52FGeIrN5O-2. The Hall–Kier alpha value is -7.72. The third-order valence-corrected chi connectivity index (χ3v) is 17.4. The molecule has 74 heavy (non-hydrogen) atoms. The number of benzene rings is 8. The Labute approximate surface area is 451 Å². The Kier molecular flexibility index (Phi) is 14.0. The zero-order valence-corrected chi connectivity index (χ0v) is 46.6. The predicted octanol–water partition coefficient (Wildman–Crippen LogP) is 16.6. The minimum absolute atomic E-state index is 0. The third-order valence-electron chi connectivity index (χ3n) is 13.2. The van der Waals surface area contributed by atoms with Crippen LogP contribution in [0.2, 0.25) is 17.3 Å². The van der Waals surface area contributed by atoms with Gasteiger partial charge in [-0.05, 0) is 105 Å². The van der Waals surface area contributed by atoms with Crippen molar-refractivity contribution >= 4 is 50.6 Å². The summed E-state index contributed by atoms with van der Waals surface area (Å²) in [6.45, 7) is 7.57. The van der Waals surface area contributed by atoms with Gasteiger partial charge in [0, 0.05) is 33.9 Å². The monoisotopic (exact) mass is 1210 g/mol. The number of aromatic nitrogens is 3. The summed E-state index contributed by atoms with van der Waals surface area (Å²) in [5.74, 6) is 5.18. The fourth-order valence-corrected chi connectivity index (χ4v) is 11.5. The van der Waals surface area contributed by atoms with Crippen LogP contribution in [0.25, 0.3) is 94.7 Å². The van der Waals surface area contributed by atoms with Crippen molar-refractivity contribution in [1.29, 1.82) is 10.5 Å². The summed E-state index contributed by atoms with van der Waals surface area (Å²) in [6, 6.07) is 65.1. The van der Waals surface area contributed by atoms with Crippen LogP contribution in [0, 0.1) is 40.6 Å². The van der Waals surface area contributed by atoms with Crippen LogP contribution in [0.3, 0.4) is 0 Å². The summed E-state index contributed by atoms with van der Waals surface area (Å²) in [4.78, 5) is 9.67. The Bertz CT molecular complexity index is 3960. The standard InChI is InChI=1S/C51H37N4O.C14H15FGeN.Ir/c1-31(2)44-26-40(37-19-17-36(18-20-37)35-11-6-5-7-12-35)27-45(32(3)4)49(44)55-47-16-9-8-15-46(47)54-51(55)43-14-10-13-42-41-22-21-38(28-48(41)56-50(42)43)39-24-33(29-52)23-34(25-39)30-53;1-16(2,3)13-8-9-14(17-10-13)11-4-6-12(15)7-5-11;/h5-13,15-28,31-32H,1-4H3;4,6-10H,1-3H3;/q2*-1;/i31D,32D;;. The number of nitriles is 2. The van der Waals surface area contributed by atoms with E-state index in [2.05, 4.69) is 106 Å². The van der Waals surface area contributed by atoms with Gasteiger partial charge in [-0.25, -0.2) is 0 Å². The van der Waals surface area contributed by atoms with Gasteiger partial charge in [0.25, 0.3) is 0 Å². The number of imidazole rings is 1. The molecule has 0 amide bonds. The van der Waals surface area contributed by atoms with E-state index in [-0.39, 0.29) is 25.9 Å². The van der Waals surface area contributed by atoms with Gasteiger partial charge < -0.3 is 8.98 Å². The van der Waals surface area contributed by atoms with E-state index in [1.54, 1.807) is 24.3 Å². The van der Waals surface area contributed by atoms with Crippen molar-refractivity contribution in [2.24, 2.45) is 0 Å². The molecule has 6 nitrogen and oxygen atoms in total. The van der Waals surface area contributed by atoms with Crippen LogP contribution in [-0.4, -0.2) is 27.8 Å². The van der Waals surface area contributed by atoms with E-state index in [1.165, 1.54) is 16.5 Å². The second kappa shape index (κ2) is 21.4. The summed E-state index contributed by atoms with van der Waals surface area (Å²) in [5.41, 5.74) is 14.0. The Balaban J connectivity index is 0.000000334. The molecule has 0 aliphatic heterocycles. The fourth-order valence-electron chi connectivity index (χ4n) is 9.28. The van der Waals surface area contributed by atoms with E-state index in [0.29, 0.717) is 33.7 Å². The van der Waals surface area contributed by atoms with E-state index in [1.807, 2.05) is 113 Å². The topological polar surface area (TPSA) is 91.4 Å². The molecule has 0 spiro atoms. The molecular weight excluding hydrogens is 1150 g/mol. The number of rotatable bonds is 9. The van der Waals surface area contributed by atoms with E-state index < -0.39 is 25.1 Å². The van der Waals surface area contributed by atoms with Crippen LogP contribution in [0.1, 0.15) is 64.5 Å². The summed E-state index contributed by atoms with van der Waals surface area (Å²) < 4.78 is 42.2. The molecule has 0 N–H and O–H groups in total. The number of nitrogens with zero attached hydrogens (tertiary/aromatic N) is 5. The van der Waals surface area contributed by atoms with Crippen LogP contribution in [0.4, 0.5) is 4.39 Å². The maximum Gasteiger partial charge on any atom is 0 e. The van der Waals surface area contributed by atoms with Crippen molar-refractivity contribution < 1.29 is 31.7 Å². The molecule has 0 fully saturated rings. The maximum absolute atomic E-state index is 12.8. The summed E-state index contributed by atoms with van der Waals surface area (Å²) >= 11 is -1.79. The molecule has 1 radical (unpaired) electrons. The molecule has 0 aliphatic rings. The van der Waals surface area contributed by atoms with Crippen LogP contribution >= 0.6 is 0 Å². The molecule has 0 atom stereocenters. The van der Waals surface area contributed by atoms with Gasteiger partial charge in [0.15, 0.2) is 0 Å². The smallest absolute Gasteiger partial charge is 0 e. The van der Waals surface area contributed by atoms with Crippen molar-refractivity contribution in [3.05, 3.63) is 216 Å². The van der Waals surface area contributed by atoms with Crippen molar-refractivity contribution in [3.8, 4) is 73.9 Å². The Morgan fingerprint density at radius 1 is 0.649 bits per heavy atom. The van der Waals surface area contributed by atoms with E-state index in [4.69, 9.17) is 9.40 Å². The molecule has 11 aromatic rings. The quantitative estimate of drug-likeness (QED) is 0.106. The molecule has 0 aliphatic carbocycles. The van der Waals surface area contributed by atoms with Crippen molar-refractivity contribution in [1.82, 2.24) is 14.5 Å².